The number of aliphatic carboxylic acids is 1. The Morgan fingerprint density at radius 1 is 1.29 bits per heavy atom. The predicted molar refractivity (Wildman–Crippen MR) is 55.9 cm³/mol. The second-order valence-corrected chi connectivity index (χ2v) is 3.85. The fraction of sp³-hybridized carbons (Fsp3) is 0.200. The maximum absolute atomic E-state index is 11.5. The Balaban J connectivity index is 2.90. The Morgan fingerprint density at radius 2 is 1.79 bits per heavy atom. The summed E-state index contributed by atoms with van der Waals surface area (Å²) in [6, 6.07) is 6.79. The van der Waals surface area contributed by atoms with Crippen molar-refractivity contribution in [3.05, 3.63) is 35.4 Å². The van der Waals surface area contributed by atoms with Gasteiger partial charge in [0.25, 0.3) is 0 Å². The summed E-state index contributed by atoms with van der Waals surface area (Å²) < 4.78 is 0. The van der Waals surface area contributed by atoms with E-state index in [2.05, 4.69) is 15.9 Å². The van der Waals surface area contributed by atoms with Gasteiger partial charge in [-0.3, -0.25) is 9.59 Å². The van der Waals surface area contributed by atoms with Crippen LogP contribution < -0.4 is 0 Å². The van der Waals surface area contributed by atoms with E-state index in [-0.39, 0.29) is 0 Å². The van der Waals surface area contributed by atoms with Crippen LogP contribution in [-0.4, -0.2) is 21.7 Å². The van der Waals surface area contributed by atoms with Gasteiger partial charge in [0, 0.05) is 5.56 Å². The average molecular weight is 257 g/mol. The first kappa shape index (κ1) is 10.9. The third kappa shape index (κ3) is 2.42. The number of hydrogen-bond acceptors (Lipinski definition) is 2. The Kier molecular flexibility index (Phi) is 3.41. The SMILES string of the molecule is Cc1ccc(C(=O)C(Br)C(=O)O)cc1. The Morgan fingerprint density at radius 3 is 2.21 bits per heavy atom. The maximum Gasteiger partial charge on any atom is 0.325 e. The minimum Gasteiger partial charge on any atom is -0.480 e. The number of rotatable bonds is 3. The third-order valence-electron chi connectivity index (χ3n) is 1.78. The smallest absolute Gasteiger partial charge is 0.325 e. The summed E-state index contributed by atoms with van der Waals surface area (Å²) in [5.41, 5.74) is 1.43. The average Bonchev–Trinajstić information content (AvgIpc) is 2.16. The van der Waals surface area contributed by atoms with Gasteiger partial charge in [-0.1, -0.05) is 45.8 Å². The third-order valence-corrected chi connectivity index (χ3v) is 2.59. The molecule has 0 aliphatic heterocycles. The zero-order valence-corrected chi connectivity index (χ0v) is 9.11. The van der Waals surface area contributed by atoms with E-state index in [0.717, 1.165) is 5.56 Å². The van der Waals surface area contributed by atoms with Gasteiger partial charge < -0.3 is 5.11 Å². The van der Waals surface area contributed by atoms with Crippen LogP contribution >= 0.6 is 15.9 Å². The zero-order valence-electron chi connectivity index (χ0n) is 7.53. The van der Waals surface area contributed by atoms with Crippen LogP contribution in [0.2, 0.25) is 0 Å². The van der Waals surface area contributed by atoms with Gasteiger partial charge in [-0.15, -0.1) is 0 Å². The van der Waals surface area contributed by atoms with E-state index >= 15 is 0 Å². The molecule has 0 radical (unpaired) electrons. The number of carboxylic acids is 1. The van der Waals surface area contributed by atoms with Crippen LogP contribution in [0, 0.1) is 6.92 Å². The summed E-state index contributed by atoms with van der Waals surface area (Å²) in [6.07, 6.45) is 0. The molecule has 1 unspecified atom stereocenters. The summed E-state index contributed by atoms with van der Waals surface area (Å²) in [5, 5.41) is 8.60. The number of aryl methyl sites for hydroxylation is 1. The van der Waals surface area contributed by atoms with Crippen molar-refractivity contribution >= 4 is 27.7 Å². The summed E-state index contributed by atoms with van der Waals surface area (Å²) in [6.45, 7) is 1.90. The molecule has 14 heavy (non-hydrogen) atoms. The highest BCUT2D eigenvalue weighted by molar-refractivity contribution is 9.10. The molecule has 1 N–H and O–H groups in total. The molecule has 1 aromatic rings. The van der Waals surface area contributed by atoms with Crippen LogP contribution in [0.5, 0.6) is 0 Å². The molecule has 0 spiro atoms. The molecule has 0 fully saturated rings. The highest BCUT2D eigenvalue weighted by atomic mass is 79.9. The number of alkyl halides is 1. The van der Waals surface area contributed by atoms with Crippen LogP contribution in [0.15, 0.2) is 24.3 Å². The molecule has 0 amide bonds. The Labute approximate surface area is 89.9 Å². The number of Topliss-reactive ketones (excluding diaryl/α,β-unsaturated/α-hetero) is 1. The normalized spacial score (nSPS) is 12.1. The monoisotopic (exact) mass is 256 g/mol. The van der Waals surface area contributed by atoms with E-state index in [4.69, 9.17) is 5.11 Å². The summed E-state index contributed by atoms with van der Waals surface area (Å²) >= 11 is 2.81. The molecule has 0 saturated carbocycles. The number of carbonyl (C=O) groups excluding carboxylic acids is 1. The fourth-order valence-electron chi connectivity index (χ4n) is 0.976. The van der Waals surface area contributed by atoms with Gasteiger partial charge in [0.2, 0.25) is 0 Å². The van der Waals surface area contributed by atoms with E-state index < -0.39 is 16.6 Å². The molecule has 4 heteroatoms. The van der Waals surface area contributed by atoms with Gasteiger partial charge in [-0.25, -0.2) is 0 Å². The van der Waals surface area contributed by atoms with E-state index in [0.29, 0.717) is 5.56 Å². The van der Waals surface area contributed by atoms with Gasteiger partial charge in [-0.05, 0) is 6.92 Å². The second kappa shape index (κ2) is 4.37. The van der Waals surface area contributed by atoms with Gasteiger partial charge in [0.15, 0.2) is 10.6 Å². The lowest BCUT2D eigenvalue weighted by atomic mass is 10.1. The number of ketones is 1. The first-order chi connectivity index (χ1) is 6.52. The predicted octanol–water partition coefficient (Wildman–Crippen LogP) is 2.03. The summed E-state index contributed by atoms with van der Waals surface area (Å²) in [7, 11) is 0. The number of halogens is 1. The largest absolute Gasteiger partial charge is 0.480 e. The molecule has 0 aliphatic rings. The molecule has 3 nitrogen and oxygen atoms in total. The molecule has 1 atom stereocenters. The van der Waals surface area contributed by atoms with Crippen molar-refractivity contribution in [3.8, 4) is 0 Å². The van der Waals surface area contributed by atoms with Crippen molar-refractivity contribution in [1.82, 2.24) is 0 Å². The number of benzene rings is 1. The lowest BCUT2D eigenvalue weighted by Crippen LogP contribution is -2.23. The number of carbonyl (C=O) groups is 2. The summed E-state index contributed by atoms with van der Waals surface area (Å²) in [4.78, 5) is 20.8. The van der Waals surface area contributed by atoms with Crippen molar-refractivity contribution in [3.63, 3.8) is 0 Å². The first-order valence-electron chi connectivity index (χ1n) is 4.00. The minimum atomic E-state index is -1.17. The molecule has 1 aromatic carbocycles. The Hall–Kier alpha value is -1.16. The molecule has 0 aliphatic carbocycles. The van der Waals surface area contributed by atoms with E-state index in [9.17, 15) is 9.59 Å². The molecular formula is C10H9BrO3. The topological polar surface area (TPSA) is 54.4 Å². The molecule has 0 heterocycles. The summed E-state index contributed by atoms with van der Waals surface area (Å²) in [5.74, 6) is -1.60. The van der Waals surface area contributed by atoms with Crippen molar-refractivity contribution in [1.29, 1.82) is 0 Å². The second-order valence-electron chi connectivity index (χ2n) is 2.93. The quantitative estimate of drug-likeness (QED) is 0.512. The minimum absolute atomic E-state index is 0.403. The van der Waals surface area contributed by atoms with Crippen LogP contribution in [0.25, 0.3) is 0 Å². The van der Waals surface area contributed by atoms with Crippen LogP contribution in [0.3, 0.4) is 0 Å². The van der Waals surface area contributed by atoms with Gasteiger partial charge >= 0.3 is 5.97 Å². The van der Waals surface area contributed by atoms with Crippen molar-refractivity contribution in [2.45, 2.75) is 11.8 Å². The first-order valence-corrected chi connectivity index (χ1v) is 4.91. The molecule has 0 aromatic heterocycles. The van der Waals surface area contributed by atoms with E-state index in [1.165, 1.54) is 0 Å². The van der Waals surface area contributed by atoms with E-state index in [1.54, 1.807) is 24.3 Å². The molecular weight excluding hydrogens is 248 g/mol. The highest BCUT2D eigenvalue weighted by Crippen LogP contribution is 2.11. The maximum atomic E-state index is 11.5. The molecule has 74 valence electrons. The van der Waals surface area contributed by atoms with Crippen molar-refractivity contribution in [2.24, 2.45) is 0 Å². The van der Waals surface area contributed by atoms with Gasteiger partial charge in [0.1, 0.15) is 0 Å². The van der Waals surface area contributed by atoms with Crippen LogP contribution in [0.4, 0.5) is 0 Å². The van der Waals surface area contributed by atoms with E-state index in [1.807, 2.05) is 6.92 Å². The molecule has 0 bridgehead atoms. The van der Waals surface area contributed by atoms with Gasteiger partial charge in [-0.2, -0.15) is 0 Å². The van der Waals surface area contributed by atoms with Crippen molar-refractivity contribution in [2.75, 3.05) is 0 Å². The van der Waals surface area contributed by atoms with Gasteiger partial charge in [0.05, 0.1) is 0 Å². The lowest BCUT2D eigenvalue weighted by Gasteiger charge is -2.03. The standard InChI is InChI=1S/C10H9BrO3/c1-6-2-4-7(5-3-6)9(12)8(11)10(13)14/h2-5,8H,1H3,(H,13,14). The lowest BCUT2D eigenvalue weighted by molar-refractivity contribution is -0.135. The van der Waals surface area contributed by atoms with Crippen molar-refractivity contribution < 1.29 is 14.7 Å². The molecule has 1 rings (SSSR count). The van der Waals surface area contributed by atoms with Crippen LogP contribution in [-0.2, 0) is 4.79 Å². The zero-order chi connectivity index (χ0) is 10.7. The Bertz CT molecular complexity index is 356. The van der Waals surface area contributed by atoms with Crippen LogP contribution in [0.1, 0.15) is 15.9 Å². The molecule has 0 saturated heterocycles. The number of carboxylic acid groups (broad SMARTS) is 1. The number of hydrogen-bond donors (Lipinski definition) is 1. The fourth-order valence-corrected chi connectivity index (χ4v) is 1.24. The highest BCUT2D eigenvalue weighted by Gasteiger charge is 2.23.